The van der Waals surface area contributed by atoms with E-state index in [-0.39, 0.29) is 11.2 Å². The van der Waals surface area contributed by atoms with Crippen molar-refractivity contribution in [2.45, 2.75) is 37.0 Å². The summed E-state index contributed by atoms with van der Waals surface area (Å²) >= 11 is 0. The Labute approximate surface area is 119 Å². The predicted molar refractivity (Wildman–Crippen MR) is 74.1 cm³/mol. The number of methoxy groups -OCH3 is 1. The van der Waals surface area contributed by atoms with Crippen LogP contribution in [0.1, 0.15) is 37.5 Å². The van der Waals surface area contributed by atoms with Crippen molar-refractivity contribution in [2.75, 3.05) is 13.4 Å². The molecule has 1 aromatic heterocycles. The van der Waals surface area contributed by atoms with Gasteiger partial charge in [0, 0.05) is 12.3 Å². The van der Waals surface area contributed by atoms with E-state index in [1.165, 1.54) is 19.7 Å². The van der Waals surface area contributed by atoms with E-state index < -0.39 is 15.9 Å². The molecule has 112 valence electrons. The molecule has 7 heteroatoms. The predicted octanol–water partition coefficient (Wildman–Crippen LogP) is 1.12. The van der Waals surface area contributed by atoms with Crippen molar-refractivity contribution in [1.82, 2.24) is 9.97 Å². The quantitative estimate of drug-likeness (QED) is 0.896. The fourth-order valence-corrected chi connectivity index (χ4v) is 3.92. The lowest BCUT2D eigenvalue weighted by Crippen LogP contribution is -2.30. The van der Waals surface area contributed by atoms with Gasteiger partial charge in [0.2, 0.25) is 5.88 Å². The van der Waals surface area contributed by atoms with Gasteiger partial charge in [-0.25, -0.2) is 18.4 Å². The van der Waals surface area contributed by atoms with Crippen LogP contribution in [0.2, 0.25) is 0 Å². The highest BCUT2D eigenvalue weighted by molar-refractivity contribution is 7.91. The van der Waals surface area contributed by atoms with Crippen LogP contribution >= 0.6 is 0 Å². The summed E-state index contributed by atoms with van der Waals surface area (Å²) in [5.41, 5.74) is 0.482. The first-order valence-electron chi connectivity index (χ1n) is 6.64. The standard InChI is InChI=1S/C13H20N2O4S/c1-19-12-7-11(14-8-15-12)13(16)9-4-3-5-10(6-9)20(2,17)18/h7-10,13,16H,3-6H2,1-2H3. The fraction of sp³-hybridized carbons (Fsp3) is 0.692. The first kappa shape index (κ1) is 15.2. The SMILES string of the molecule is COc1cc(C(O)C2CCCC(S(C)(=O)=O)C2)ncn1. The molecule has 20 heavy (non-hydrogen) atoms. The second-order valence-electron chi connectivity index (χ2n) is 5.31. The van der Waals surface area contributed by atoms with Gasteiger partial charge < -0.3 is 9.84 Å². The number of aromatic nitrogens is 2. The van der Waals surface area contributed by atoms with Crippen LogP contribution in [0.25, 0.3) is 0 Å². The monoisotopic (exact) mass is 300 g/mol. The summed E-state index contributed by atoms with van der Waals surface area (Å²) in [6.45, 7) is 0. The molecule has 1 heterocycles. The van der Waals surface area contributed by atoms with Crippen LogP contribution in [0.4, 0.5) is 0 Å². The molecule has 0 saturated heterocycles. The summed E-state index contributed by atoms with van der Waals surface area (Å²) in [6.07, 6.45) is 4.59. The van der Waals surface area contributed by atoms with E-state index >= 15 is 0 Å². The van der Waals surface area contributed by atoms with E-state index in [2.05, 4.69) is 9.97 Å². The van der Waals surface area contributed by atoms with Gasteiger partial charge in [-0.05, 0) is 25.2 Å². The van der Waals surface area contributed by atoms with E-state index in [4.69, 9.17) is 4.74 Å². The minimum atomic E-state index is -3.06. The van der Waals surface area contributed by atoms with E-state index in [1.807, 2.05) is 0 Å². The molecule has 0 aliphatic heterocycles. The zero-order valence-electron chi connectivity index (χ0n) is 11.7. The van der Waals surface area contributed by atoms with Gasteiger partial charge in [-0.1, -0.05) is 6.42 Å². The van der Waals surface area contributed by atoms with Crippen LogP contribution in [0.5, 0.6) is 5.88 Å². The summed E-state index contributed by atoms with van der Waals surface area (Å²) in [6, 6.07) is 1.59. The molecule has 1 aromatic rings. The largest absolute Gasteiger partial charge is 0.481 e. The van der Waals surface area contributed by atoms with Gasteiger partial charge in [-0.2, -0.15) is 0 Å². The topological polar surface area (TPSA) is 89.4 Å². The van der Waals surface area contributed by atoms with E-state index in [1.54, 1.807) is 6.07 Å². The Morgan fingerprint density at radius 1 is 1.40 bits per heavy atom. The zero-order valence-corrected chi connectivity index (χ0v) is 12.5. The molecule has 1 aliphatic carbocycles. The first-order valence-corrected chi connectivity index (χ1v) is 8.60. The van der Waals surface area contributed by atoms with Gasteiger partial charge in [0.15, 0.2) is 0 Å². The maximum absolute atomic E-state index is 11.7. The molecule has 3 unspecified atom stereocenters. The number of rotatable bonds is 4. The Bertz CT molecular complexity index is 561. The van der Waals surface area contributed by atoms with Crippen molar-refractivity contribution < 1.29 is 18.3 Å². The smallest absolute Gasteiger partial charge is 0.216 e. The van der Waals surface area contributed by atoms with Gasteiger partial charge in [-0.3, -0.25) is 0 Å². The number of aliphatic hydroxyl groups is 1. The zero-order chi connectivity index (χ0) is 14.8. The van der Waals surface area contributed by atoms with Crippen molar-refractivity contribution in [1.29, 1.82) is 0 Å². The molecule has 1 aliphatic rings. The summed E-state index contributed by atoms with van der Waals surface area (Å²) in [4.78, 5) is 7.96. The summed E-state index contributed by atoms with van der Waals surface area (Å²) in [7, 11) is -1.56. The maximum Gasteiger partial charge on any atom is 0.216 e. The second-order valence-corrected chi connectivity index (χ2v) is 7.63. The molecule has 3 atom stereocenters. The van der Waals surface area contributed by atoms with E-state index in [0.717, 1.165) is 12.8 Å². The molecule has 0 amide bonds. The number of ether oxygens (including phenoxy) is 1. The molecule has 2 rings (SSSR count). The molecule has 1 N–H and O–H groups in total. The molecule has 6 nitrogen and oxygen atoms in total. The molecular formula is C13H20N2O4S. The lowest BCUT2D eigenvalue weighted by atomic mass is 9.84. The Hall–Kier alpha value is -1.21. The third kappa shape index (κ3) is 3.46. The lowest BCUT2D eigenvalue weighted by Gasteiger charge is -2.31. The number of hydrogen-bond donors (Lipinski definition) is 1. The van der Waals surface area contributed by atoms with Gasteiger partial charge in [0.1, 0.15) is 16.2 Å². The molecular weight excluding hydrogens is 280 g/mol. The number of hydrogen-bond acceptors (Lipinski definition) is 6. The van der Waals surface area contributed by atoms with Gasteiger partial charge in [0.05, 0.1) is 24.2 Å². The highest BCUT2D eigenvalue weighted by Crippen LogP contribution is 2.36. The summed E-state index contributed by atoms with van der Waals surface area (Å²) in [5, 5.41) is 10.0. The lowest BCUT2D eigenvalue weighted by molar-refractivity contribution is 0.0815. The van der Waals surface area contributed by atoms with E-state index in [9.17, 15) is 13.5 Å². The summed E-state index contributed by atoms with van der Waals surface area (Å²) in [5.74, 6) is 0.299. The Morgan fingerprint density at radius 3 is 2.80 bits per heavy atom. The van der Waals surface area contributed by atoms with Crippen LogP contribution in [-0.2, 0) is 9.84 Å². The molecule has 0 spiro atoms. The molecule has 0 radical (unpaired) electrons. The second kappa shape index (κ2) is 6.05. The Balaban J connectivity index is 2.13. The van der Waals surface area contributed by atoms with E-state index in [0.29, 0.717) is 24.4 Å². The number of nitrogens with zero attached hydrogens (tertiary/aromatic N) is 2. The maximum atomic E-state index is 11.7. The van der Waals surface area contributed by atoms with Gasteiger partial charge >= 0.3 is 0 Å². The van der Waals surface area contributed by atoms with Crippen molar-refractivity contribution in [3.05, 3.63) is 18.1 Å². The van der Waals surface area contributed by atoms with Crippen molar-refractivity contribution in [3.8, 4) is 5.88 Å². The van der Waals surface area contributed by atoms with Crippen LogP contribution in [0.3, 0.4) is 0 Å². The number of aliphatic hydroxyl groups excluding tert-OH is 1. The summed E-state index contributed by atoms with van der Waals surface area (Å²) < 4.78 is 28.3. The Morgan fingerprint density at radius 2 is 2.15 bits per heavy atom. The molecule has 0 bridgehead atoms. The van der Waals surface area contributed by atoms with Crippen LogP contribution < -0.4 is 4.74 Å². The van der Waals surface area contributed by atoms with Crippen molar-refractivity contribution in [3.63, 3.8) is 0 Å². The average Bonchev–Trinajstić information content (AvgIpc) is 2.46. The van der Waals surface area contributed by atoms with Crippen LogP contribution in [0.15, 0.2) is 12.4 Å². The highest BCUT2D eigenvalue weighted by Gasteiger charge is 2.33. The van der Waals surface area contributed by atoms with Gasteiger partial charge in [-0.15, -0.1) is 0 Å². The molecule has 1 fully saturated rings. The third-order valence-electron chi connectivity index (χ3n) is 3.89. The minimum absolute atomic E-state index is 0.0944. The third-order valence-corrected chi connectivity index (χ3v) is 5.53. The first-order chi connectivity index (χ1) is 9.41. The van der Waals surface area contributed by atoms with Gasteiger partial charge in [0.25, 0.3) is 0 Å². The fourth-order valence-electron chi connectivity index (χ4n) is 2.73. The Kier molecular flexibility index (Phi) is 4.59. The number of sulfone groups is 1. The molecule has 1 saturated carbocycles. The normalized spacial score (nSPS) is 25.1. The van der Waals surface area contributed by atoms with Crippen molar-refractivity contribution >= 4 is 9.84 Å². The van der Waals surface area contributed by atoms with Crippen LogP contribution in [-0.4, -0.2) is 42.1 Å². The molecule has 0 aromatic carbocycles. The minimum Gasteiger partial charge on any atom is -0.481 e. The van der Waals surface area contributed by atoms with Crippen molar-refractivity contribution in [2.24, 2.45) is 5.92 Å². The highest BCUT2D eigenvalue weighted by atomic mass is 32.2. The van der Waals surface area contributed by atoms with Crippen LogP contribution in [0, 0.1) is 5.92 Å². The average molecular weight is 300 g/mol.